The van der Waals surface area contributed by atoms with Crippen molar-refractivity contribution in [3.63, 3.8) is 0 Å². The Morgan fingerprint density at radius 1 is 0.750 bits per heavy atom. The smallest absolute Gasteiger partial charge is 0.217 e. The van der Waals surface area contributed by atoms with Crippen molar-refractivity contribution >= 4 is 5.91 Å². The molecule has 0 bridgehead atoms. The molecule has 0 aliphatic carbocycles. The van der Waals surface area contributed by atoms with E-state index in [1.807, 2.05) is 0 Å². The predicted octanol–water partition coefficient (Wildman–Crippen LogP) is 5.51. The Kier molecular flexibility index (Phi) is 15.6. The number of carbonyl (C=O) groups is 1. The summed E-state index contributed by atoms with van der Waals surface area (Å²) in [5.41, 5.74) is 5.10. The number of hydrogen-bond donors (Lipinski definition) is 1. The van der Waals surface area contributed by atoms with Gasteiger partial charge in [-0.25, -0.2) is 0 Å². The van der Waals surface area contributed by atoms with E-state index in [2.05, 4.69) is 19.1 Å². The van der Waals surface area contributed by atoms with Gasteiger partial charge in [-0.3, -0.25) is 4.79 Å². The molecule has 0 aromatic carbocycles. The summed E-state index contributed by atoms with van der Waals surface area (Å²) in [4.78, 5) is 10.5. The topological polar surface area (TPSA) is 43.1 Å². The number of carbonyl (C=O) groups excluding carboxylic acids is 1. The largest absolute Gasteiger partial charge is 0.370 e. The molecule has 0 atom stereocenters. The number of rotatable bonds is 15. The average molecular weight is 281 g/mol. The lowest BCUT2D eigenvalue weighted by Crippen LogP contribution is -2.09. The highest BCUT2D eigenvalue weighted by molar-refractivity contribution is 5.73. The van der Waals surface area contributed by atoms with E-state index < -0.39 is 0 Å². The van der Waals surface area contributed by atoms with Crippen LogP contribution in [-0.2, 0) is 4.79 Å². The van der Waals surface area contributed by atoms with Crippen LogP contribution >= 0.6 is 0 Å². The molecule has 118 valence electrons. The number of nitrogens with two attached hydrogens (primary N) is 1. The quantitative estimate of drug-likeness (QED) is 0.312. The highest BCUT2D eigenvalue weighted by Crippen LogP contribution is 2.10. The highest BCUT2D eigenvalue weighted by atomic mass is 16.1. The van der Waals surface area contributed by atoms with Crippen LogP contribution in [-0.4, -0.2) is 5.91 Å². The van der Waals surface area contributed by atoms with Crippen LogP contribution < -0.4 is 5.73 Å². The van der Waals surface area contributed by atoms with E-state index >= 15 is 0 Å². The lowest BCUT2D eigenvalue weighted by atomic mass is 10.1. The lowest BCUT2D eigenvalue weighted by molar-refractivity contribution is -0.118. The fourth-order valence-corrected chi connectivity index (χ4v) is 2.37. The Balaban J connectivity index is 3.05. The zero-order valence-electron chi connectivity index (χ0n) is 13.5. The number of amides is 1. The summed E-state index contributed by atoms with van der Waals surface area (Å²) < 4.78 is 0. The van der Waals surface area contributed by atoms with E-state index in [-0.39, 0.29) is 5.91 Å². The third-order valence-electron chi connectivity index (χ3n) is 3.68. The molecule has 0 heterocycles. The van der Waals surface area contributed by atoms with Gasteiger partial charge in [0.05, 0.1) is 0 Å². The first kappa shape index (κ1) is 19.2. The fourth-order valence-electron chi connectivity index (χ4n) is 2.37. The van der Waals surface area contributed by atoms with E-state index in [1.165, 1.54) is 70.6 Å². The zero-order chi connectivity index (χ0) is 14.9. The lowest BCUT2D eigenvalue weighted by Gasteiger charge is -2.00. The summed E-state index contributed by atoms with van der Waals surface area (Å²) in [5.74, 6) is -0.161. The van der Waals surface area contributed by atoms with Crippen molar-refractivity contribution in [1.29, 1.82) is 0 Å². The van der Waals surface area contributed by atoms with Crippen LogP contribution in [0.3, 0.4) is 0 Å². The molecule has 2 N–H and O–H groups in total. The second kappa shape index (κ2) is 16.3. The monoisotopic (exact) mass is 281 g/mol. The minimum atomic E-state index is -0.161. The Bertz CT molecular complexity index is 236. The van der Waals surface area contributed by atoms with Gasteiger partial charge < -0.3 is 5.73 Å². The van der Waals surface area contributed by atoms with Gasteiger partial charge in [0.15, 0.2) is 0 Å². The maximum Gasteiger partial charge on any atom is 0.217 e. The van der Waals surface area contributed by atoms with E-state index in [9.17, 15) is 4.79 Å². The highest BCUT2D eigenvalue weighted by Gasteiger charge is 1.94. The van der Waals surface area contributed by atoms with Crippen LogP contribution in [0.4, 0.5) is 0 Å². The molecule has 0 saturated carbocycles. The zero-order valence-corrected chi connectivity index (χ0v) is 13.5. The minimum Gasteiger partial charge on any atom is -0.370 e. The molecule has 0 aliphatic rings. The molecule has 20 heavy (non-hydrogen) atoms. The third-order valence-corrected chi connectivity index (χ3v) is 3.68. The summed E-state index contributed by atoms with van der Waals surface area (Å²) in [5, 5.41) is 0. The van der Waals surface area contributed by atoms with Crippen LogP contribution in [0.25, 0.3) is 0 Å². The van der Waals surface area contributed by atoms with Crippen LogP contribution in [0.1, 0.15) is 96.8 Å². The molecule has 2 nitrogen and oxygen atoms in total. The standard InChI is InChI=1S/C18H35NO/c1-2-3-4-5-6-7-8-9-10-11-12-13-14-15-16-17-18(19)20/h7-8H,2-6,9-17H2,1H3,(H2,19,20). The van der Waals surface area contributed by atoms with Crippen molar-refractivity contribution in [1.82, 2.24) is 0 Å². The fraction of sp³-hybridized carbons (Fsp3) is 0.833. The number of allylic oxidation sites excluding steroid dienone is 2. The molecule has 0 aliphatic heterocycles. The first-order valence-electron chi connectivity index (χ1n) is 8.70. The van der Waals surface area contributed by atoms with Gasteiger partial charge in [0.25, 0.3) is 0 Å². The van der Waals surface area contributed by atoms with Gasteiger partial charge in [0.1, 0.15) is 0 Å². The molecule has 0 aromatic rings. The minimum absolute atomic E-state index is 0.161. The van der Waals surface area contributed by atoms with Crippen molar-refractivity contribution in [2.24, 2.45) is 5.73 Å². The van der Waals surface area contributed by atoms with Crippen LogP contribution in [0.15, 0.2) is 12.2 Å². The summed E-state index contributed by atoms with van der Waals surface area (Å²) in [7, 11) is 0. The van der Waals surface area contributed by atoms with Gasteiger partial charge in [-0.2, -0.15) is 0 Å². The van der Waals surface area contributed by atoms with Crippen LogP contribution in [0.2, 0.25) is 0 Å². The summed E-state index contributed by atoms with van der Waals surface area (Å²) in [6.07, 6.45) is 21.9. The molecule has 0 fully saturated rings. The summed E-state index contributed by atoms with van der Waals surface area (Å²) in [6.45, 7) is 2.26. The second-order valence-electron chi connectivity index (χ2n) is 5.80. The normalized spacial score (nSPS) is 11.2. The van der Waals surface area contributed by atoms with Crippen molar-refractivity contribution < 1.29 is 4.79 Å². The molecule has 0 unspecified atom stereocenters. The molecule has 0 saturated heterocycles. The Morgan fingerprint density at radius 3 is 1.70 bits per heavy atom. The van der Waals surface area contributed by atoms with Crippen molar-refractivity contribution in [3.05, 3.63) is 12.2 Å². The maximum absolute atomic E-state index is 10.5. The van der Waals surface area contributed by atoms with E-state index in [0.29, 0.717) is 6.42 Å². The average Bonchev–Trinajstić information content (AvgIpc) is 2.43. The number of primary amides is 1. The molecular weight excluding hydrogens is 246 g/mol. The molecule has 0 aromatic heterocycles. The van der Waals surface area contributed by atoms with Crippen molar-refractivity contribution in [3.8, 4) is 0 Å². The van der Waals surface area contributed by atoms with Gasteiger partial charge in [-0.1, -0.05) is 70.4 Å². The first-order chi connectivity index (χ1) is 9.77. The van der Waals surface area contributed by atoms with Crippen LogP contribution in [0, 0.1) is 0 Å². The SMILES string of the molecule is CCCCCCC=CCCCCCCCCCC(N)=O. The Hall–Kier alpha value is -0.790. The van der Waals surface area contributed by atoms with Gasteiger partial charge in [-0.15, -0.1) is 0 Å². The summed E-state index contributed by atoms with van der Waals surface area (Å²) >= 11 is 0. The van der Waals surface area contributed by atoms with Gasteiger partial charge in [0, 0.05) is 6.42 Å². The third kappa shape index (κ3) is 17.2. The molecule has 0 rings (SSSR count). The maximum atomic E-state index is 10.5. The van der Waals surface area contributed by atoms with Crippen molar-refractivity contribution in [2.75, 3.05) is 0 Å². The molecule has 2 heteroatoms. The molecule has 1 amide bonds. The molecule has 0 radical (unpaired) electrons. The number of unbranched alkanes of at least 4 members (excludes halogenated alkanes) is 11. The van der Waals surface area contributed by atoms with E-state index in [4.69, 9.17) is 5.73 Å². The first-order valence-corrected chi connectivity index (χ1v) is 8.70. The van der Waals surface area contributed by atoms with Gasteiger partial charge in [-0.05, 0) is 32.1 Å². The summed E-state index contributed by atoms with van der Waals surface area (Å²) in [6, 6.07) is 0. The van der Waals surface area contributed by atoms with Gasteiger partial charge >= 0.3 is 0 Å². The number of hydrogen-bond acceptors (Lipinski definition) is 1. The van der Waals surface area contributed by atoms with E-state index in [1.54, 1.807) is 0 Å². The Labute approximate surface area is 126 Å². The predicted molar refractivity (Wildman–Crippen MR) is 88.6 cm³/mol. The molecular formula is C18H35NO. The van der Waals surface area contributed by atoms with Crippen LogP contribution in [0.5, 0.6) is 0 Å². The Morgan fingerprint density at radius 2 is 1.20 bits per heavy atom. The second-order valence-corrected chi connectivity index (χ2v) is 5.80. The van der Waals surface area contributed by atoms with Gasteiger partial charge in [0.2, 0.25) is 5.91 Å². The molecule has 0 spiro atoms. The van der Waals surface area contributed by atoms with E-state index in [0.717, 1.165) is 12.8 Å². The van der Waals surface area contributed by atoms with Crippen molar-refractivity contribution in [2.45, 2.75) is 96.8 Å².